The summed E-state index contributed by atoms with van der Waals surface area (Å²) in [6.07, 6.45) is 3.54. The van der Waals surface area contributed by atoms with Crippen molar-refractivity contribution in [1.29, 1.82) is 0 Å². The van der Waals surface area contributed by atoms with Crippen LogP contribution >= 0.6 is 15.9 Å². The average Bonchev–Trinajstić information content (AvgIpc) is 2.91. The molecule has 112 valence electrons. The highest BCUT2D eigenvalue weighted by Crippen LogP contribution is 2.21. The van der Waals surface area contributed by atoms with Crippen LogP contribution in [0, 0.1) is 6.92 Å². The Balaban J connectivity index is 1.67. The number of nitrogens with one attached hydrogen (secondary N) is 1. The van der Waals surface area contributed by atoms with Gasteiger partial charge in [-0.25, -0.2) is 0 Å². The average molecular weight is 349 g/mol. The Morgan fingerprint density at radius 3 is 3.00 bits per heavy atom. The van der Waals surface area contributed by atoms with E-state index in [1.54, 1.807) is 0 Å². The highest BCUT2D eigenvalue weighted by atomic mass is 79.9. The molecule has 1 aromatic carbocycles. The molecule has 1 aliphatic rings. The monoisotopic (exact) mass is 348 g/mol. The molecule has 0 spiro atoms. The van der Waals surface area contributed by atoms with Gasteiger partial charge in [-0.2, -0.15) is 0 Å². The number of rotatable bonds is 4. The molecule has 0 bridgehead atoms. The summed E-state index contributed by atoms with van der Waals surface area (Å²) in [6.45, 7) is 6.14. The van der Waals surface area contributed by atoms with E-state index in [9.17, 15) is 0 Å². The van der Waals surface area contributed by atoms with Gasteiger partial charge in [0.15, 0.2) is 0 Å². The van der Waals surface area contributed by atoms with Crippen molar-refractivity contribution < 1.29 is 0 Å². The summed E-state index contributed by atoms with van der Waals surface area (Å²) in [5, 5.41) is 12.2. The number of halogens is 1. The standard InChI is InChI=1S/C16H21BrN4/c1-11-9-13(6-7-14(11)17)12(2)18-10-16-20-19-15-5-3-4-8-21(15)16/h6-7,9,12,18H,3-5,8,10H2,1-2H3/t12-/m1/s1. The molecule has 4 nitrogen and oxygen atoms in total. The molecule has 21 heavy (non-hydrogen) atoms. The molecule has 2 heterocycles. The molecule has 0 aliphatic carbocycles. The molecule has 2 aromatic rings. The first-order valence-corrected chi connectivity index (χ1v) is 8.35. The normalized spacial score (nSPS) is 15.8. The zero-order chi connectivity index (χ0) is 14.8. The third kappa shape index (κ3) is 3.19. The molecule has 0 unspecified atom stereocenters. The number of benzene rings is 1. The van der Waals surface area contributed by atoms with Gasteiger partial charge in [0.25, 0.3) is 0 Å². The van der Waals surface area contributed by atoms with Crippen LogP contribution in [0.25, 0.3) is 0 Å². The number of aromatic nitrogens is 3. The number of aryl methyl sites for hydroxylation is 2. The summed E-state index contributed by atoms with van der Waals surface area (Å²) < 4.78 is 3.43. The molecule has 3 rings (SSSR count). The summed E-state index contributed by atoms with van der Waals surface area (Å²) in [4.78, 5) is 0. The van der Waals surface area contributed by atoms with Gasteiger partial charge in [-0.05, 0) is 43.9 Å². The smallest absolute Gasteiger partial charge is 0.147 e. The van der Waals surface area contributed by atoms with E-state index < -0.39 is 0 Å². The van der Waals surface area contributed by atoms with Crippen molar-refractivity contribution in [2.24, 2.45) is 0 Å². The molecule has 0 saturated carbocycles. The van der Waals surface area contributed by atoms with Crippen molar-refractivity contribution in [3.05, 3.63) is 45.4 Å². The molecule has 0 saturated heterocycles. The van der Waals surface area contributed by atoms with Crippen molar-refractivity contribution in [3.63, 3.8) is 0 Å². The van der Waals surface area contributed by atoms with Crippen molar-refractivity contribution >= 4 is 15.9 Å². The minimum absolute atomic E-state index is 0.299. The fourth-order valence-electron chi connectivity index (χ4n) is 2.80. The lowest BCUT2D eigenvalue weighted by molar-refractivity contribution is 0.484. The molecule has 0 radical (unpaired) electrons. The Kier molecular flexibility index (Phi) is 4.40. The zero-order valence-corrected chi connectivity index (χ0v) is 14.2. The minimum Gasteiger partial charge on any atom is -0.314 e. The lowest BCUT2D eigenvalue weighted by Gasteiger charge is -2.17. The highest BCUT2D eigenvalue weighted by molar-refractivity contribution is 9.10. The van der Waals surface area contributed by atoms with Crippen molar-refractivity contribution in [3.8, 4) is 0 Å². The van der Waals surface area contributed by atoms with Crippen molar-refractivity contribution in [2.45, 2.75) is 52.2 Å². The third-order valence-corrected chi connectivity index (χ3v) is 5.07. The Hall–Kier alpha value is -1.20. The van der Waals surface area contributed by atoms with Gasteiger partial charge in [0, 0.05) is 23.5 Å². The van der Waals surface area contributed by atoms with Gasteiger partial charge in [-0.15, -0.1) is 10.2 Å². The first kappa shape index (κ1) is 14.7. The maximum atomic E-state index is 4.34. The topological polar surface area (TPSA) is 42.7 Å². The van der Waals surface area contributed by atoms with Crippen molar-refractivity contribution in [2.75, 3.05) is 0 Å². The van der Waals surface area contributed by atoms with E-state index in [0.717, 1.165) is 35.6 Å². The SMILES string of the molecule is Cc1cc([C@@H](C)NCc2nnc3n2CCCC3)ccc1Br. The molecule has 0 fully saturated rings. The van der Waals surface area contributed by atoms with Gasteiger partial charge < -0.3 is 9.88 Å². The number of fused-ring (bicyclic) bond motifs is 1. The third-order valence-electron chi connectivity index (χ3n) is 4.18. The van der Waals surface area contributed by atoms with Gasteiger partial charge >= 0.3 is 0 Å². The summed E-state index contributed by atoms with van der Waals surface area (Å²) in [7, 11) is 0. The van der Waals surface area contributed by atoms with E-state index in [4.69, 9.17) is 0 Å². The molecule has 1 aliphatic heterocycles. The summed E-state index contributed by atoms with van der Waals surface area (Å²) in [5.41, 5.74) is 2.56. The van der Waals surface area contributed by atoms with E-state index >= 15 is 0 Å². The van der Waals surface area contributed by atoms with Gasteiger partial charge in [0.2, 0.25) is 0 Å². The van der Waals surface area contributed by atoms with E-state index in [2.05, 4.69) is 68.1 Å². The number of nitrogens with zero attached hydrogens (tertiary/aromatic N) is 3. The first-order valence-electron chi connectivity index (χ1n) is 7.55. The largest absolute Gasteiger partial charge is 0.314 e. The molecular weight excluding hydrogens is 328 g/mol. The van der Waals surface area contributed by atoms with Crippen LogP contribution in [0.3, 0.4) is 0 Å². The number of hydrogen-bond donors (Lipinski definition) is 1. The van der Waals surface area contributed by atoms with Crippen molar-refractivity contribution in [1.82, 2.24) is 20.1 Å². The van der Waals surface area contributed by atoms with Gasteiger partial charge in [-0.3, -0.25) is 0 Å². The Morgan fingerprint density at radius 2 is 2.19 bits per heavy atom. The second kappa shape index (κ2) is 6.28. The highest BCUT2D eigenvalue weighted by Gasteiger charge is 2.16. The minimum atomic E-state index is 0.299. The van der Waals surface area contributed by atoms with Crippen LogP contribution in [-0.2, 0) is 19.5 Å². The van der Waals surface area contributed by atoms with Crippen LogP contribution < -0.4 is 5.32 Å². The van der Waals surface area contributed by atoms with Gasteiger partial charge in [0.1, 0.15) is 11.6 Å². The summed E-state index contributed by atoms with van der Waals surface area (Å²) in [5.74, 6) is 2.20. The summed E-state index contributed by atoms with van der Waals surface area (Å²) >= 11 is 3.55. The molecule has 1 atom stereocenters. The van der Waals surface area contributed by atoms with E-state index in [0.29, 0.717) is 6.04 Å². The predicted molar refractivity (Wildman–Crippen MR) is 87.1 cm³/mol. The Labute approximate surface area is 134 Å². The first-order chi connectivity index (χ1) is 10.1. The Morgan fingerprint density at radius 1 is 1.33 bits per heavy atom. The maximum Gasteiger partial charge on any atom is 0.147 e. The van der Waals surface area contributed by atoms with Gasteiger partial charge in [0.05, 0.1) is 6.54 Å². The molecule has 5 heteroatoms. The number of hydrogen-bond acceptors (Lipinski definition) is 3. The lowest BCUT2D eigenvalue weighted by Crippen LogP contribution is -2.22. The lowest BCUT2D eigenvalue weighted by atomic mass is 10.1. The van der Waals surface area contributed by atoms with Gasteiger partial charge in [-0.1, -0.05) is 28.1 Å². The maximum absolute atomic E-state index is 4.34. The fraction of sp³-hybridized carbons (Fsp3) is 0.500. The second-order valence-electron chi connectivity index (χ2n) is 5.75. The molecule has 1 N–H and O–H groups in total. The van der Waals surface area contributed by atoms with Crippen LogP contribution in [-0.4, -0.2) is 14.8 Å². The quantitative estimate of drug-likeness (QED) is 0.918. The zero-order valence-electron chi connectivity index (χ0n) is 12.6. The van der Waals surface area contributed by atoms with E-state index in [-0.39, 0.29) is 0 Å². The predicted octanol–water partition coefficient (Wildman–Crippen LogP) is 3.54. The van der Waals surface area contributed by atoms with Crippen LogP contribution in [0.1, 0.15) is 48.6 Å². The molecule has 1 aromatic heterocycles. The van der Waals surface area contributed by atoms with E-state index in [1.165, 1.54) is 24.0 Å². The second-order valence-corrected chi connectivity index (χ2v) is 6.61. The molecular formula is C16H21BrN4. The fourth-order valence-corrected chi connectivity index (χ4v) is 3.05. The van der Waals surface area contributed by atoms with E-state index in [1.807, 2.05) is 0 Å². The van der Waals surface area contributed by atoms with Crippen LogP contribution in [0.2, 0.25) is 0 Å². The van der Waals surface area contributed by atoms with Crippen LogP contribution in [0.5, 0.6) is 0 Å². The molecule has 0 amide bonds. The van der Waals surface area contributed by atoms with Crippen LogP contribution in [0.15, 0.2) is 22.7 Å². The Bertz CT molecular complexity index is 635. The van der Waals surface area contributed by atoms with Crippen LogP contribution in [0.4, 0.5) is 0 Å². The summed E-state index contributed by atoms with van der Waals surface area (Å²) in [6, 6.07) is 6.80.